The lowest BCUT2D eigenvalue weighted by Crippen LogP contribution is -2.09. The normalized spacial score (nSPS) is 10.2. The van der Waals surface area contributed by atoms with E-state index in [9.17, 15) is 4.79 Å². The second kappa shape index (κ2) is 7.50. The first-order valence-corrected chi connectivity index (χ1v) is 7.06. The summed E-state index contributed by atoms with van der Waals surface area (Å²) in [5.74, 6) is 0.901. The van der Waals surface area contributed by atoms with E-state index in [1.165, 1.54) is 6.07 Å². The van der Waals surface area contributed by atoms with Crippen molar-refractivity contribution in [2.75, 3.05) is 13.2 Å². The van der Waals surface area contributed by atoms with Crippen molar-refractivity contribution in [3.8, 4) is 11.5 Å². The highest BCUT2D eigenvalue weighted by Crippen LogP contribution is 2.27. The van der Waals surface area contributed by atoms with Gasteiger partial charge in [-0.05, 0) is 30.3 Å². The van der Waals surface area contributed by atoms with E-state index in [0.29, 0.717) is 27.8 Å². The number of rotatable bonds is 6. The third-order valence-corrected chi connectivity index (χ3v) is 3.25. The van der Waals surface area contributed by atoms with E-state index in [1.807, 2.05) is 0 Å². The van der Waals surface area contributed by atoms with Crippen molar-refractivity contribution in [3.05, 3.63) is 51.2 Å². The minimum Gasteiger partial charge on any atom is -0.488 e. The van der Waals surface area contributed by atoms with E-state index >= 15 is 0 Å². The third-order valence-electron chi connectivity index (χ3n) is 2.45. The molecule has 0 aliphatic heterocycles. The van der Waals surface area contributed by atoms with Gasteiger partial charge >= 0.3 is 0 Å². The number of carbonyl (C=O) groups is 1. The van der Waals surface area contributed by atoms with Crippen molar-refractivity contribution < 1.29 is 14.3 Å². The molecule has 0 amide bonds. The van der Waals surface area contributed by atoms with E-state index in [2.05, 4.69) is 4.98 Å². The Balaban J connectivity index is 1.86. The zero-order chi connectivity index (χ0) is 15.2. The topological polar surface area (TPSA) is 48.4 Å². The molecule has 0 N–H and O–H groups in total. The molecular weight excluding hydrogens is 337 g/mol. The SMILES string of the molecule is O=Cc1ccc(OCCOc2ccc(Cl)cc2Cl)c(Cl)n1. The fourth-order valence-corrected chi connectivity index (χ4v) is 2.18. The molecule has 110 valence electrons. The van der Waals surface area contributed by atoms with Crippen LogP contribution in [0.5, 0.6) is 11.5 Å². The number of ether oxygens (including phenoxy) is 2. The van der Waals surface area contributed by atoms with Gasteiger partial charge in [-0.2, -0.15) is 0 Å². The summed E-state index contributed by atoms with van der Waals surface area (Å²) in [4.78, 5) is 14.4. The van der Waals surface area contributed by atoms with Crippen LogP contribution in [0.2, 0.25) is 15.2 Å². The number of aldehydes is 1. The van der Waals surface area contributed by atoms with Crippen LogP contribution >= 0.6 is 34.8 Å². The van der Waals surface area contributed by atoms with Crippen LogP contribution in [0, 0.1) is 0 Å². The van der Waals surface area contributed by atoms with Crippen LogP contribution in [0.15, 0.2) is 30.3 Å². The van der Waals surface area contributed by atoms with Gasteiger partial charge in [0.25, 0.3) is 0 Å². The Morgan fingerprint density at radius 1 is 1.00 bits per heavy atom. The first-order chi connectivity index (χ1) is 10.1. The summed E-state index contributed by atoms with van der Waals surface area (Å²) < 4.78 is 10.9. The van der Waals surface area contributed by atoms with Crippen molar-refractivity contribution >= 4 is 41.1 Å². The quantitative estimate of drug-likeness (QED) is 0.444. The van der Waals surface area contributed by atoms with E-state index in [-0.39, 0.29) is 24.1 Å². The number of carbonyl (C=O) groups excluding carboxylic acids is 1. The minimum atomic E-state index is 0.129. The summed E-state index contributed by atoms with van der Waals surface area (Å²) in [6.45, 7) is 0.522. The standard InChI is InChI=1S/C14H10Cl3NO3/c15-9-1-3-12(11(16)7-9)20-5-6-21-13-4-2-10(8-19)18-14(13)17/h1-4,7-8H,5-6H2. The second-order valence-electron chi connectivity index (χ2n) is 3.91. The number of hydrogen-bond donors (Lipinski definition) is 0. The predicted octanol–water partition coefficient (Wildman–Crippen LogP) is 4.31. The van der Waals surface area contributed by atoms with Crippen LogP contribution in [0.3, 0.4) is 0 Å². The average Bonchev–Trinajstić information content (AvgIpc) is 2.46. The zero-order valence-corrected chi connectivity index (χ0v) is 13.0. The largest absolute Gasteiger partial charge is 0.488 e. The molecule has 0 radical (unpaired) electrons. The maximum absolute atomic E-state index is 10.5. The number of halogens is 3. The lowest BCUT2D eigenvalue weighted by atomic mass is 10.3. The molecule has 1 aromatic carbocycles. The number of pyridine rings is 1. The third kappa shape index (κ3) is 4.49. The summed E-state index contributed by atoms with van der Waals surface area (Å²) in [5.41, 5.74) is 0.247. The molecule has 1 heterocycles. The Morgan fingerprint density at radius 3 is 2.29 bits per heavy atom. The van der Waals surface area contributed by atoms with Gasteiger partial charge in [0, 0.05) is 5.02 Å². The Bertz CT molecular complexity index is 649. The van der Waals surface area contributed by atoms with Crippen molar-refractivity contribution in [2.45, 2.75) is 0 Å². The maximum atomic E-state index is 10.5. The molecule has 0 aliphatic carbocycles. The monoisotopic (exact) mass is 345 g/mol. The van der Waals surface area contributed by atoms with Gasteiger partial charge in [-0.1, -0.05) is 34.8 Å². The molecule has 0 aliphatic rings. The number of hydrogen-bond acceptors (Lipinski definition) is 4. The molecule has 0 atom stereocenters. The van der Waals surface area contributed by atoms with Crippen molar-refractivity contribution in [1.29, 1.82) is 0 Å². The summed E-state index contributed by atoms with van der Waals surface area (Å²) in [6, 6.07) is 8.05. The molecule has 21 heavy (non-hydrogen) atoms. The van der Waals surface area contributed by atoms with Crippen LogP contribution in [0.4, 0.5) is 0 Å². The zero-order valence-electron chi connectivity index (χ0n) is 10.7. The van der Waals surface area contributed by atoms with Gasteiger partial charge in [0.1, 0.15) is 24.7 Å². The first kappa shape index (κ1) is 15.9. The summed E-state index contributed by atoms with van der Waals surface area (Å²) in [5, 5.41) is 1.10. The number of nitrogens with zero attached hydrogens (tertiary/aromatic N) is 1. The van der Waals surface area contributed by atoms with Gasteiger partial charge in [0.2, 0.25) is 0 Å². The number of benzene rings is 1. The number of aromatic nitrogens is 1. The van der Waals surface area contributed by atoms with E-state index in [0.717, 1.165) is 0 Å². The van der Waals surface area contributed by atoms with Crippen LogP contribution in [0.1, 0.15) is 10.5 Å². The Labute approximate surface area is 136 Å². The van der Waals surface area contributed by atoms with Gasteiger partial charge in [-0.3, -0.25) is 4.79 Å². The van der Waals surface area contributed by atoms with Gasteiger partial charge < -0.3 is 9.47 Å². The Hall–Kier alpha value is -1.49. The molecule has 4 nitrogen and oxygen atoms in total. The fourth-order valence-electron chi connectivity index (χ4n) is 1.50. The van der Waals surface area contributed by atoms with Crippen molar-refractivity contribution in [2.24, 2.45) is 0 Å². The van der Waals surface area contributed by atoms with Gasteiger partial charge in [-0.25, -0.2) is 4.98 Å². The summed E-state index contributed by atoms with van der Waals surface area (Å²) in [6.07, 6.45) is 0.612. The smallest absolute Gasteiger partial charge is 0.171 e. The molecule has 7 heteroatoms. The lowest BCUT2D eigenvalue weighted by Gasteiger charge is -2.10. The van der Waals surface area contributed by atoms with Crippen LogP contribution in [0.25, 0.3) is 0 Å². The molecule has 0 spiro atoms. The summed E-state index contributed by atoms with van der Waals surface area (Å²) >= 11 is 17.6. The molecule has 2 rings (SSSR count). The molecule has 0 fully saturated rings. The molecule has 1 aromatic heterocycles. The maximum Gasteiger partial charge on any atom is 0.171 e. The Morgan fingerprint density at radius 2 is 1.67 bits per heavy atom. The molecule has 0 unspecified atom stereocenters. The van der Waals surface area contributed by atoms with Crippen molar-refractivity contribution in [3.63, 3.8) is 0 Å². The highest BCUT2D eigenvalue weighted by Gasteiger charge is 2.06. The molecular formula is C14H10Cl3NO3. The van der Waals surface area contributed by atoms with E-state index in [1.54, 1.807) is 24.3 Å². The second-order valence-corrected chi connectivity index (χ2v) is 5.12. The van der Waals surface area contributed by atoms with Gasteiger partial charge in [-0.15, -0.1) is 0 Å². The van der Waals surface area contributed by atoms with Gasteiger partial charge in [0.15, 0.2) is 17.2 Å². The van der Waals surface area contributed by atoms with E-state index in [4.69, 9.17) is 44.3 Å². The fraction of sp³-hybridized carbons (Fsp3) is 0.143. The van der Waals surface area contributed by atoms with Gasteiger partial charge in [0.05, 0.1) is 5.02 Å². The van der Waals surface area contributed by atoms with E-state index < -0.39 is 0 Å². The molecule has 0 bridgehead atoms. The molecule has 0 saturated carbocycles. The lowest BCUT2D eigenvalue weighted by molar-refractivity contribution is 0.111. The van der Waals surface area contributed by atoms with Crippen LogP contribution in [-0.4, -0.2) is 24.5 Å². The predicted molar refractivity (Wildman–Crippen MR) is 82.1 cm³/mol. The van der Waals surface area contributed by atoms with Crippen molar-refractivity contribution in [1.82, 2.24) is 4.98 Å². The minimum absolute atomic E-state index is 0.129. The highest BCUT2D eigenvalue weighted by molar-refractivity contribution is 6.35. The summed E-state index contributed by atoms with van der Waals surface area (Å²) in [7, 11) is 0. The molecule has 0 saturated heterocycles. The highest BCUT2D eigenvalue weighted by atomic mass is 35.5. The Kier molecular flexibility index (Phi) is 5.67. The first-order valence-electron chi connectivity index (χ1n) is 5.92. The average molecular weight is 347 g/mol. The van der Waals surface area contributed by atoms with Crippen LogP contribution in [-0.2, 0) is 0 Å². The molecule has 2 aromatic rings. The van der Waals surface area contributed by atoms with Crippen LogP contribution < -0.4 is 9.47 Å².